The summed E-state index contributed by atoms with van der Waals surface area (Å²) in [7, 11) is 0. The quantitative estimate of drug-likeness (QED) is 0.891. The highest BCUT2D eigenvalue weighted by atomic mass is 35.5. The highest BCUT2D eigenvalue weighted by Crippen LogP contribution is 2.32. The third kappa shape index (κ3) is 3.03. The fraction of sp³-hybridized carbons (Fsp3) is 0.200. The van der Waals surface area contributed by atoms with Crippen molar-refractivity contribution in [3.8, 4) is 11.5 Å². The van der Waals surface area contributed by atoms with Crippen molar-refractivity contribution in [2.24, 2.45) is 0 Å². The van der Waals surface area contributed by atoms with Crippen LogP contribution in [0.1, 0.15) is 19.4 Å². The Hall–Kier alpha value is -1.51. The highest BCUT2D eigenvalue weighted by molar-refractivity contribution is 6.32. The Morgan fingerprint density at radius 3 is 2.28 bits per heavy atom. The summed E-state index contributed by atoms with van der Waals surface area (Å²) in [5, 5.41) is 10.4. The molecule has 0 bridgehead atoms. The fourth-order valence-electron chi connectivity index (χ4n) is 1.58. The van der Waals surface area contributed by atoms with Gasteiger partial charge in [0.25, 0.3) is 0 Å². The summed E-state index contributed by atoms with van der Waals surface area (Å²) >= 11 is 6.15. The largest absolute Gasteiger partial charge is 0.456 e. The lowest BCUT2D eigenvalue weighted by Gasteiger charge is -2.18. The van der Waals surface area contributed by atoms with Gasteiger partial charge >= 0.3 is 0 Å². The van der Waals surface area contributed by atoms with Crippen LogP contribution in [0.2, 0.25) is 5.02 Å². The fourth-order valence-corrected chi connectivity index (χ4v) is 1.80. The van der Waals surface area contributed by atoms with Gasteiger partial charge in [-0.15, -0.1) is 0 Å². The van der Waals surface area contributed by atoms with E-state index in [1.807, 2.05) is 36.4 Å². The Morgan fingerprint density at radius 1 is 1.06 bits per heavy atom. The third-order valence-electron chi connectivity index (χ3n) is 2.61. The van der Waals surface area contributed by atoms with Crippen LogP contribution >= 0.6 is 11.6 Å². The van der Waals surface area contributed by atoms with Gasteiger partial charge in [-0.05, 0) is 43.7 Å². The maximum atomic E-state index is 9.89. The molecule has 0 atom stereocenters. The second-order valence-corrected chi connectivity index (χ2v) is 5.03. The molecule has 2 aromatic rings. The van der Waals surface area contributed by atoms with E-state index in [0.29, 0.717) is 10.8 Å². The van der Waals surface area contributed by atoms with Crippen LogP contribution in [-0.2, 0) is 5.60 Å². The molecule has 0 fully saturated rings. The van der Waals surface area contributed by atoms with Gasteiger partial charge < -0.3 is 9.84 Å². The van der Waals surface area contributed by atoms with Gasteiger partial charge in [0.05, 0.1) is 10.6 Å². The maximum absolute atomic E-state index is 9.89. The second kappa shape index (κ2) is 5.01. The number of rotatable bonds is 3. The van der Waals surface area contributed by atoms with Crippen molar-refractivity contribution in [3.63, 3.8) is 0 Å². The zero-order valence-electron chi connectivity index (χ0n) is 10.4. The van der Waals surface area contributed by atoms with Crippen molar-refractivity contribution in [2.45, 2.75) is 19.4 Å². The van der Waals surface area contributed by atoms with Gasteiger partial charge in [0.1, 0.15) is 11.5 Å². The third-order valence-corrected chi connectivity index (χ3v) is 2.90. The number of aliphatic hydroxyl groups is 1. The molecule has 0 aromatic heterocycles. The minimum atomic E-state index is -0.908. The Labute approximate surface area is 112 Å². The van der Waals surface area contributed by atoms with Gasteiger partial charge in [-0.2, -0.15) is 0 Å². The summed E-state index contributed by atoms with van der Waals surface area (Å²) < 4.78 is 5.66. The molecule has 0 unspecified atom stereocenters. The molecule has 0 heterocycles. The van der Waals surface area contributed by atoms with Gasteiger partial charge in [-0.1, -0.05) is 35.9 Å². The topological polar surface area (TPSA) is 29.5 Å². The molecule has 2 rings (SSSR count). The first-order valence-corrected chi connectivity index (χ1v) is 6.10. The van der Waals surface area contributed by atoms with Gasteiger partial charge in [-0.3, -0.25) is 0 Å². The van der Waals surface area contributed by atoms with Crippen LogP contribution in [0.3, 0.4) is 0 Å². The van der Waals surface area contributed by atoms with E-state index >= 15 is 0 Å². The molecule has 1 N–H and O–H groups in total. The van der Waals surface area contributed by atoms with E-state index in [2.05, 4.69) is 0 Å². The van der Waals surface area contributed by atoms with Crippen LogP contribution in [0, 0.1) is 0 Å². The van der Waals surface area contributed by atoms with Gasteiger partial charge in [0.15, 0.2) is 0 Å². The van der Waals surface area contributed by atoms with E-state index in [1.54, 1.807) is 26.0 Å². The van der Waals surface area contributed by atoms with Crippen molar-refractivity contribution >= 4 is 11.6 Å². The molecular weight excluding hydrogens is 248 g/mol. The zero-order chi connectivity index (χ0) is 13.2. The number of halogens is 1. The smallest absolute Gasteiger partial charge is 0.146 e. The van der Waals surface area contributed by atoms with E-state index in [1.165, 1.54) is 0 Å². The summed E-state index contributed by atoms with van der Waals surface area (Å²) in [6, 6.07) is 14.7. The molecule has 2 nitrogen and oxygen atoms in total. The summed E-state index contributed by atoms with van der Waals surface area (Å²) in [4.78, 5) is 0. The van der Waals surface area contributed by atoms with E-state index in [4.69, 9.17) is 16.3 Å². The van der Waals surface area contributed by atoms with Crippen LogP contribution in [0.5, 0.6) is 11.5 Å². The molecule has 0 aliphatic heterocycles. The van der Waals surface area contributed by atoms with Crippen LogP contribution in [0.15, 0.2) is 48.5 Å². The number of benzene rings is 2. The van der Waals surface area contributed by atoms with E-state index in [-0.39, 0.29) is 0 Å². The van der Waals surface area contributed by atoms with Crippen molar-refractivity contribution in [3.05, 3.63) is 59.1 Å². The lowest BCUT2D eigenvalue weighted by atomic mass is 9.98. The zero-order valence-corrected chi connectivity index (χ0v) is 11.1. The lowest BCUT2D eigenvalue weighted by Crippen LogP contribution is -2.15. The molecule has 18 heavy (non-hydrogen) atoms. The first-order chi connectivity index (χ1) is 8.47. The van der Waals surface area contributed by atoms with Gasteiger partial charge in [0, 0.05) is 0 Å². The minimum absolute atomic E-state index is 0.485. The molecule has 94 valence electrons. The van der Waals surface area contributed by atoms with Crippen LogP contribution < -0.4 is 4.74 Å². The molecular formula is C15H15ClO2. The monoisotopic (exact) mass is 262 g/mol. The molecule has 0 saturated heterocycles. The number of para-hydroxylation sites is 1. The van der Waals surface area contributed by atoms with E-state index in [0.717, 1.165) is 11.3 Å². The van der Waals surface area contributed by atoms with E-state index < -0.39 is 5.60 Å². The molecule has 0 spiro atoms. The Kier molecular flexibility index (Phi) is 3.60. The van der Waals surface area contributed by atoms with Crippen LogP contribution in [0.25, 0.3) is 0 Å². The molecule has 0 aliphatic rings. The summed E-state index contributed by atoms with van der Waals surface area (Å²) in [6.07, 6.45) is 0. The van der Waals surface area contributed by atoms with Gasteiger partial charge in [0.2, 0.25) is 0 Å². The van der Waals surface area contributed by atoms with Crippen LogP contribution in [0.4, 0.5) is 0 Å². The molecule has 0 radical (unpaired) electrons. The average molecular weight is 263 g/mol. The van der Waals surface area contributed by atoms with Crippen molar-refractivity contribution < 1.29 is 9.84 Å². The molecule has 2 aromatic carbocycles. The molecule has 0 aliphatic carbocycles. The Bertz CT molecular complexity index is 530. The normalized spacial score (nSPS) is 11.3. The molecule has 0 amide bonds. The Balaban J connectivity index is 2.26. The van der Waals surface area contributed by atoms with E-state index in [9.17, 15) is 5.11 Å². The first kappa shape index (κ1) is 12.9. The average Bonchev–Trinajstić information content (AvgIpc) is 2.32. The maximum Gasteiger partial charge on any atom is 0.146 e. The number of hydrogen-bond acceptors (Lipinski definition) is 2. The highest BCUT2D eigenvalue weighted by Gasteiger charge is 2.17. The SMILES string of the molecule is CC(C)(O)c1ccc(Oc2ccccc2)c(Cl)c1. The van der Waals surface area contributed by atoms with Crippen LogP contribution in [-0.4, -0.2) is 5.11 Å². The van der Waals surface area contributed by atoms with Crippen molar-refractivity contribution in [2.75, 3.05) is 0 Å². The lowest BCUT2D eigenvalue weighted by molar-refractivity contribution is 0.0786. The predicted molar refractivity (Wildman–Crippen MR) is 73.2 cm³/mol. The van der Waals surface area contributed by atoms with Crippen molar-refractivity contribution in [1.82, 2.24) is 0 Å². The number of ether oxygens (including phenoxy) is 1. The Morgan fingerprint density at radius 2 is 1.72 bits per heavy atom. The molecule has 3 heteroatoms. The summed E-state index contributed by atoms with van der Waals surface area (Å²) in [5.74, 6) is 1.31. The summed E-state index contributed by atoms with van der Waals surface area (Å²) in [6.45, 7) is 3.44. The van der Waals surface area contributed by atoms with Crippen molar-refractivity contribution in [1.29, 1.82) is 0 Å². The second-order valence-electron chi connectivity index (χ2n) is 4.62. The standard InChI is InChI=1S/C15H15ClO2/c1-15(2,17)11-8-9-14(13(16)10-11)18-12-6-4-3-5-7-12/h3-10,17H,1-2H3. The minimum Gasteiger partial charge on any atom is -0.456 e. The predicted octanol–water partition coefficient (Wildman–Crippen LogP) is 4.36. The first-order valence-electron chi connectivity index (χ1n) is 5.72. The molecule has 0 saturated carbocycles. The summed E-state index contributed by atoms with van der Waals surface area (Å²) in [5.41, 5.74) is -0.150. The van der Waals surface area contributed by atoms with Gasteiger partial charge in [-0.25, -0.2) is 0 Å². The number of hydrogen-bond donors (Lipinski definition) is 1.